The van der Waals surface area contributed by atoms with E-state index in [-0.39, 0.29) is 12.3 Å². The first-order valence-electron chi connectivity index (χ1n) is 6.81. The van der Waals surface area contributed by atoms with Crippen molar-refractivity contribution in [2.45, 2.75) is 13.5 Å². The first kappa shape index (κ1) is 15.5. The molecule has 0 fully saturated rings. The predicted octanol–water partition coefficient (Wildman–Crippen LogP) is 3.54. The maximum atomic E-state index is 10.7. The molecule has 0 unspecified atom stereocenters. The second kappa shape index (κ2) is 7.78. The Labute approximate surface area is 128 Å². The normalized spacial score (nSPS) is 10.6. The van der Waals surface area contributed by atoms with Crippen molar-refractivity contribution in [3.05, 3.63) is 69.8 Å². The third kappa shape index (κ3) is 4.31. The van der Waals surface area contributed by atoms with Gasteiger partial charge in [-0.3, -0.25) is 10.1 Å². The molecule has 0 saturated carbocycles. The quantitative estimate of drug-likeness (QED) is 0.445. The number of rotatable bonds is 7. The van der Waals surface area contributed by atoms with Crippen molar-refractivity contribution in [3.8, 4) is 5.75 Å². The highest BCUT2D eigenvalue weighted by Gasteiger charge is 2.05. The highest BCUT2D eigenvalue weighted by atomic mass is 16.6. The summed E-state index contributed by atoms with van der Waals surface area (Å²) in [5.41, 5.74) is 1.53. The van der Waals surface area contributed by atoms with Gasteiger partial charge >= 0.3 is 0 Å². The summed E-state index contributed by atoms with van der Waals surface area (Å²) in [6.07, 6.45) is 1.56. The first-order chi connectivity index (χ1) is 10.7. The van der Waals surface area contributed by atoms with E-state index in [1.807, 2.05) is 31.2 Å². The van der Waals surface area contributed by atoms with Crippen molar-refractivity contribution in [1.82, 2.24) is 0 Å². The molecule has 0 aliphatic carbocycles. The second-order valence-corrected chi connectivity index (χ2v) is 4.41. The Morgan fingerprint density at radius 2 is 2.05 bits per heavy atom. The van der Waals surface area contributed by atoms with E-state index in [1.165, 1.54) is 12.1 Å². The van der Waals surface area contributed by atoms with Crippen molar-refractivity contribution >= 4 is 11.9 Å². The van der Waals surface area contributed by atoms with Crippen LogP contribution in [0.5, 0.6) is 5.75 Å². The first-order valence-corrected chi connectivity index (χ1v) is 6.81. The summed E-state index contributed by atoms with van der Waals surface area (Å²) in [6, 6.07) is 13.7. The zero-order chi connectivity index (χ0) is 15.8. The number of benzene rings is 2. The number of hydrogen-bond donors (Lipinski definition) is 0. The fourth-order valence-corrected chi connectivity index (χ4v) is 1.84. The molecule has 0 spiro atoms. The lowest BCUT2D eigenvalue weighted by Gasteiger charge is -2.05. The molecule has 2 rings (SSSR count). The van der Waals surface area contributed by atoms with Crippen LogP contribution in [0.1, 0.15) is 18.1 Å². The van der Waals surface area contributed by atoms with Crippen LogP contribution in [0.4, 0.5) is 5.69 Å². The number of non-ortho nitro benzene ring substituents is 1. The summed E-state index contributed by atoms with van der Waals surface area (Å²) in [5.74, 6) is 0.729. The van der Waals surface area contributed by atoms with Crippen LogP contribution in [0.15, 0.2) is 53.7 Å². The van der Waals surface area contributed by atoms with Gasteiger partial charge in [0.25, 0.3) is 5.69 Å². The summed E-state index contributed by atoms with van der Waals surface area (Å²) >= 11 is 0. The number of nitro benzene ring substituents is 1. The van der Waals surface area contributed by atoms with Gasteiger partial charge < -0.3 is 9.57 Å². The van der Waals surface area contributed by atoms with E-state index in [2.05, 4.69) is 5.16 Å². The Bertz CT molecular complexity index is 671. The SMILES string of the molecule is CCOc1ccccc1/C=N\OCc1cccc([N+](=O)[O-])c1. The van der Waals surface area contributed by atoms with Gasteiger partial charge in [0.1, 0.15) is 12.4 Å². The molecule has 0 N–H and O–H groups in total. The van der Waals surface area contributed by atoms with Crippen molar-refractivity contribution in [2.24, 2.45) is 5.16 Å². The van der Waals surface area contributed by atoms with E-state index in [1.54, 1.807) is 18.3 Å². The number of para-hydroxylation sites is 1. The van der Waals surface area contributed by atoms with Crippen LogP contribution < -0.4 is 4.74 Å². The van der Waals surface area contributed by atoms with Crippen molar-refractivity contribution < 1.29 is 14.5 Å². The van der Waals surface area contributed by atoms with Gasteiger partial charge in [-0.05, 0) is 24.6 Å². The molecule has 0 aliphatic heterocycles. The van der Waals surface area contributed by atoms with E-state index in [0.717, 1.165) is 11.3 Å². The van der Waals surface area contributed by atoms with Crippen LogP contribution in [0, 0.1) is 10.1 Å². The second-order valence-electron chi connectivity index (χ2n) is 4.41. The summed E-state index contributed by atoms with van der Waals surface area (Å²) in [5, 5.41) is 14.6. The Morgan fingerprint density at radius 3 is 2.82 bits per heavy atom. The number of nitro groups is 1. The molecule has 6 nitrogen and oxygen atoms in total. The molecular weight excluding hydrogens is 284 g/mol. The Hall–Kier alpha value is -2.89. The Kier molecular flexibility index (Phi) is 5.48. The van der Waals surface area contributed by atoms with Gasteiger partial charge in [-0.15, -0.1) is 0 Å². The average molecular weight is 300 g/mol. The molecule has 0 saturated heterocycles. The minimum atomic E-state index is -0.439. The predicted molar refractivity (Wildman–Crippen MR) is 83.1 cm³/mol. The minimum Gasteiger partial charge on any atom is -0.493 e. The molecule has 0 radical (unpaired) electrons. The molecule has 2 aromatic rings. The molecule has 0 aliphatic rings. The zero-order valence-electron chi connectivity index (χ0n) is 12.1. The van der Waals surface area contributed by atoms with E-state index in [9.17, 15) is 10.1 Å². The van der Waals surface area contributed by atoms with Gasteiger partial charge in [-0.2, -0.15) is 0 Å². The maximum absolute atomic E-state index is 10.7. The molecule has 2 aromatic carbocycles. The van der Waals surface area contributed by atoms with Gasteiger partial charge in [0, 0.05) is 17.7 Å². The van der Waals surface area contributed by atoms with E-state index in [4.69, 9.17) is 9.57 Å². The van der Waals surface area contributed by atoms with Gasteiger partial charge in [0.15, 0.2) is 0 Å². The number of hydrogen-bond acceptors (Lipinski definition) is 5. The van der Waals surface area contributed by atoms with Gasteiger partial charge in [0.05, 0.1) is 17.7 Å². The lowest BCUT2D eigenvalue weighted by atomic mass is 10.2. The largest absolute Gasteiger partial charge is 0.493 e. The summed E-state index contributed by atoms with van der Waals surface area (Å²) in [6.45, 7) is 2.64. The van der Waals surface area contributed by atoms with Crippen LogP contribution in [-0.4, -0.2) is 17.7 Å². The number of nitrogens with zero attached hydrogens (tertiary/aromatic N) is 2. The highest BCUT2D eigenvalue weighted by molar-refractivity contribution is 5.83. The topological polar surface area (TPSA) is 74.0 Å². The smallest absolute Gasteiger partial charge is 0.269 e. The lowest BCUT2D eigenvalue weighted by molar-refractivity contribution is -0.384. The standard InChI is InChI=1S/C16H16N2O4/c1-2-21-16-9-4-3-7-14(16)11-17-22-12-13-6-5-8-15(10-13)18(19)20/h3-11H,2,12H2,1H3/b17-11-. The monoisotopic (exact) mass is 300 g/mol. The number of oxime groups is 1. The summed E-state index contributed by atoms with van der Waals surface area (Å²) in [7, 11) is 0. The van der Waals surface area contributed by atoms with Crippen LogP contribution in [0.25, 0.3) is 0 Å². The van der Waals surface area contributed by atoms with Crippen molar-refractivity contribution in [3.63, 3.8) is 0 Å². The highest BCUT2D eigenvalue weighted by Crippen LogP contribution is 2.16. The van der Waals surface area contributed by atoms with Gasteiger partial charge in [-0.25, -0.2) is 0 Å². The molecule has 6 heteroatoms. The molecule has 0 aromatic heterocycles. The zero-order valence-corrected chi connectivity index (χ0v) is 12.1. The maximum Gasteiger partial charge on any atom is 0.269 e. The molecule has 0 heterocycles. The van der Waals surface area contributed by atoms with Gasteiger partial charge in [0.2, 0.25) is 0 Å². The van der Waals surface area contributed by atoms with Crippen molar-refractivity contribution in [1.29, 1.82) is 0 Å². The van der Waals surface area contributed by atoms with Crippen LogP contribution in [0.3, 0.4) is 0 Å². The molecular formula is C16H16N2O4. The molecule has 0 amide bonds. The number of ether oxygens (including phenoxy) is 1. The lowest BCUT2D eigenvalue weighted by Crippen LogP contribution is -1.96. The summed E-state index contributed by atoms with van der Waals surface area (Å²) < 4.78 is 5.47. The Morgan fingerprint density at radius 1 is 1.23 bits per heavy atom. The molecule has 0 bridgehead atoms. The molecule has 22 heavy (non-hydrogen) atoms. The third-order valence-electron chi connectivity index (χ3n) is 2.84. The van der Waals surface area contributed by atoms with E-state index in [0.29, 0.717) is 12.2 Å². The van der Waals surface area contributed by atoms with Crippen LogP contribution in [-0.2, 0) is 11.4 Å². The van der Waals surface area contributed by atoms with E-state index < -0.39 is 4.92 Å². The summed E-state index contributed by atoms with van der Waals surface area (Å²) in [4.78, 5) is 15.4. The fourth-order valence-electron chi connectivity index (χ4n) is 1.84. The Balaban J connectivity index is 1.96. The fraction of sp³-hybridized carbons (Fsp3) is 0.188. The molecule has 0 atom stereocenters. The van der Waals surface area contributed by atoms with Crippen LogP contribution in [0.2, 0.25) is 0 Å². The average Bonchev–Trinajstić information content (AvgIpc) is 2.53. The van der Waals surface area contributed by atoms with Gasteiger partial charge in [-0.1, -0.05) is 29.4 Å². The minimum absolute atomic E-state index is 0.0340. The molecule has 114 valence electrons. The van der Waals surface area contributed by atoms with Crippen LogP contribution >= 0.6 is 0 Å². The van der Waals surface area contributed by atoms with Crippen molar-refractivity contribution in [2.75, 3.05) is 6.61 Å². The van der Waals surface area contributed by atoms with E-state index >= 15 is 0 Å². The third-order valence-corrected chi connectivity index (χ3v) is 2.84.